The average molecular weight is 432 g/mol. The van der Waals surface area contributed by atoms with E-state index in [0.29, 0.717) is 11.4 Å². The van der Waals surface area contributed by atoms with Crippen molar-refractivity contribution in [1.29, 1.82) is 0 Å². The van der Waals surface area contributed by atoms with Crippen LogP contribution in [0.5, 0.6) is 0 Å². The third-order valence-electron chi connectivity index (χ3n) is 7.08. The summed E-state index contributed by atoms with van der Waals surface area (Å²) in [6.07, 6.45) is 2.10. The Morgan fingerprint density at radius 3 is 2.55 bits per heavy atom. The van der Waals surface area contributed by atoms with Crippen molar-refractivity contribution in [3.8, 4) is 0 Å². The van der Waals surface area contributed by atoms with E-state index in [-0.39, 0.29) is 36.3 Å². The number of rotatable bonds is 4. The van der Waals surface area contributed by atoms with Gasteiger partial charge in [-0.3, -0.25) is 4.79 Å². The number of aliphatic hydroxyl groups excluding tert-OH is 1. The second-order valence-electron chi connectivity index (χ2n) is 8.67. The van der Waals surface area contributed by atoms with E-state index in [2.05, 4.69) is 36.5 Å². The van der Waals surface area contributed by atoms with E-state index in [1.807, 2.05) is 25.1 Å². The summed E-state index contributed by atoms with van der Waals surface area (Å²) >= 11 is 12.9. The maximum absolute atomic E-state index is 13.0. The predicted octanol–water partition coefficient (Wildman–Crippen LogP) is 5.47. The summed E-state index contributed by atoms with van der Waals surface area (Å²) < 4.78 is 0. The smallest absolute Gasteiger partial charge is 0.226 e. The standard InChI is InChI=1S/C24H27Cl2NO2/c1-14-3-8-18(20(26)13-14)19-9-10-24(11-12-28)22(15(2)27-23(24)29)21(19)16-4-6-17(25)7-5-16/h3-8,13,15,19,21-22,28H,9-12H2,1-2H3,(H,27,29)/t15-,19+,21+,22+,24+/m1/s1. The molecule has 4 rings (SSSR count). The lowest BCUT2D eigenvalue weighted by atomic mass is 9.54. The maximum atomic E-state index is 13.0. The summed E-state index contributed by atoms with van der Waals surface area (Å²) in [6, 6.07) is 14.3. The molecule has 5 atom stereocenters. The van der Waals surface area contributed by atoms with Gasteiger partial charge in [-0.05, 0) is 79.8 Å². The number of aryl methyl sites for hydroxylation is 1. The van der Waals surface area contributed by atoms with Crippen molar-refractivity contribution in [3.63, 3.8) is 0 Å². The first kappa shape index (κ1) is 20.7. The zero-order valence-electron chi connectivity index (χ0n) is 16.8. The molecule has 1 saturated carbocycles. The zero-order chi connectivity index (χ0) is 20.8. The van der Waals surface area contributed by atoms with Crippen LogP contribution >= 0.6 is 23.2 Å². The van der Waals surface area contributed by atoms with Gasteiger partial charge in [0.1, 0.15) is 0 Å². The highest BCUT2D eigenvalue weighted by atomic mass is 35.5. The lowest BCUT2D eigenvalue weighted by Gasteiger charge is -2.47. The van der Waals surface area contributed by atoms with Crippen LogP contribution < -0.4 is 5.32 Å². The lowest BCUT2D eigenvalue weighted by Crippen LogP contribution is -2.44. The van der Waals surface area contributed by atoms with Crippen LogP contribution in [0.4, 0.5) is 0 Å². The molecule has 0 unspecified atom stereocenters. The molecule has 2 aromatic rings. The van der Waals surface area contributed by atoms with E-state index in [0.717, 1.165) is 29.0 Å². The minimum atomic E-state index is -0.536. The Morgan fingerprint density at radius 2 is 1.90 bits per heavy atom. The first-order valence-corrected chi connectivity index (χ1v) is 11.1. The van der Waals surface area contributed by atoms with Gasteiger partial charge in [0.05, 0.1) is 5.41 Å². The van der Waals surface area contributed by atoms with E-state index in [1.54, 1.807) is 0 Å². The van der Waals surface area contributed by atoms with Crippen molar-refractivity contribution in [2.45, 2.75) is 51.0 Å². The molecule has 3 nitrogen and oxygen atoms in total. The van der Waals surface area contributed by atoms with E-state index in [1.165, 1.54) is 5.56 Å². The topological polar surface area (TPSA) is 49.3 Å². The number of benzene rings is 2. The summed E-state index contributed by atoms with van der Waals surface area (Å²) in [6.45, 7) is 4.14. The van der Waals surface area contributed by atoms with Gasteiger partial charge < -0.3 is 10.4 Å². The molecule has 2 aromatic carbocycles. The summed E-state index contributed by atoms with van der Waals surface area (Å²) in [7, 11) is 0. The molecule has 0 aromatic heterocycles. The molecule has 0 radical (unpaired) electrons. The second kappa shape index (κ2) is 7.94. The van der Waals surface area contributed by atoms with Crippen molar-refractivity contribution in [1.82, 2.24) is 5.32 Å². The average Bonchev–Trinajstić information content (AvgIpc) is 2.93. The number of aliphatic hydroxyl groups is 1. The van der Waals surface area contributed by atoms with Crippen LogP contribution in [-0.4, -0.2) is 23.7 Å². The SMILES string of the molecule is Cc1ccc([C@@H]2CC[C@@]3(CCO)C(=O)N[C@H](C)[C@H]3[C@H]2c2ccc(Cl)cc2)c(Cl)c1. The Hall–Kier alpha value is -1.55. The molecule has 1 saturated heterocycles. The Balaban J connectivity index is 1.86. The molecule has 5 heteroatoms. The van der Waals surface area contributed by atoms with Crippen molar-refractivity contribution < 1.29 is 9.90 Å². The van der Waals surface area contributed by atoms with Gasteiger partial charge in [-0.25, -0.2) is 0 Å². The second-order valence-corrected chi connectivity index (χ2v) is 9.51. The normalized spacial score (nSPS) is 31.4. The number of hydrogen-bond acceptors (Lipinski definition) is 2. The molecule has 29 heavy (non-hydrogen) atoms. The fourth-order valence-electron chi connectivity index (χ4n) is 5.86. The highest BCUT2D eigenvalue weighted by molar-refractivity contribution is 6.31. The molecular formula is C24H27Cl2NO2. The third kappa shape index (κ3) is 3.48. The predicted molar refractivity (Wildman–Crippen MR) is 118 cm³/mol. The van der Waals surface area contributed by atoms with E-state index < -0.39 is 5.41 Å². The molecule has 1 amide bonds. The van der Waals surface area contributed by atoms with Crippen LogP contribution in [0.3, 0.4) is 0 Å². The highest BCUT2D eigenvalue weighted by Crippen LogP contribution is 2.60. The number of hydrogen-bond donors (Lipinski definition) is 2. The van der Waals surface area contributed by atoms with Crippen LogP contribution in [0, 0.1) is 18.3 Å². The zero-order valence-corrected chi connectivity index (χ0v) is 18.3. The molecule has 2 fully saturated rings. The summed E-state index contributed by atoms with van der Waals surface area (Å²) in [5.41, 5.74) is 2.91. The Labute approximate surface area is 182 Å². The monoisotopic (exact) mass is 431 g/mol. The molecule has 1 aliphatic carbocycles. The van der Waals surface area contributed by atoms with Gasteiger partial charge in [-0.2, -0.15) is 0 Å². The van der Waals surface area contributed by atoms with Gasteiger partial charge >= 0.3 is 0 Å². The molecular weight excluding hydrogens is 405 g/mol. The molecule has 0 bridgehead atoms. The first-order chi connectivity index (χ1) is 13.9. The number of amides is 1. The summed E-state index contributed by atoms with van der Waals surface area (Å²) in [4.78, 5) is 13.0. The van der Waals surface area contributed by atoms with Gasteiger partial charge in [0.2, 0.25) is 5.91 Å². The minimum absolute atomic E-state index is 0.0138. The van der Waals surface area contributed by atoms with Gasteiger partial charge in [-0.1, -0.05) is 47.5 Å². The van der Waals surface area contributed by atoms with Crippen LogP contribution in [0.1, 0.15) is 54.7 Å². The molecule has 154 valence electrons. The Morgan fingerprint density at radius 1 is 1.17 bits per heavy atom. The fraction of sp³-hybridized carbons (Fsp3) is 0.458. The quantitative estimate of drug-likeness (QED) is 0.674. The van der Waals surface area contributed by atoms with Gasteiger partial charge in [0.15, 0.2) is 0 Å². The van der Waals surface area contributed by atoms with Crippen LogP contribution in [0.25, 0.3) is 0 Å². The van der Waals surface area contributed by atoms with E-state index >= 15 is 0 Å². The summed E-state index contributed by atoms with van der Waals surface area (Å²) in [5.74, 6) is 0.480. The highest BCUT2D eigenvalue weighted by Gasteiger charge is 2.59. The van der Waals surface area contributed by atoms with E-state index in [9.17, 15) is 9.90 Å². The van der Waals surface area contributed by atoms with Crippen LogP contribution in [0.2, 0.25) is 10.0 Å². The van der Waals surface area contributed by atoms with Crippen LogP contribution in [0.15, 0.2) is 42.5 Å². The molecule has 1 heterocycles. The van der Waals surface area contributed by atoms with Gasteiger partial charge in [0, 0.05) is 28.6 Å². The number of carbonyl (C=O) groups is 1. The van der Waals surface area contributed by atoms with Gasteiger partial charge in [-0.15, -0.1) is 0 Å². The number of halogens is 2. The number of fused-ring (bicyclic) bond motifs is 1. The van der Waals surface area contributed by atoms with Crippen molar-refractivity contribution in [2.24, 2.45) is 11.3 Å². The summed E-state index contributed by atoms with van der Waals surface area (Å²) in [5, 5.41) is 14.5. The maximum Gasteiger partial charge on any atom is 0.226 e. The largest absolute Gasteiger partial charge is 0.396 e. The Kier molecular flexibility index (Phi) is 5.67. The molecule has 1 aliphatic heterocycles. The third-order valence-corrected chi connectivity index (χ3v) is 7.66. The van der Waals surface area contributed by atoms with E-state index in [4.69, 9.17) is 23.2 Å². The minimum Gasteiger partial charge on any atom is -0.396 e. The fourth-order valence-corrected chi connectivity index (χ4v) is 6.36. The number of nitrogens with one attached hydrogen (secondary N) is 1. The lowest BCUT2D eigenvalue weighted by molar-refractivity contribution is -0.132. The molecule has 2 aliphatic rings. The number of carbonyl (C=O) groups excluding carboxylic acids is 1. The Bertz CT molecular complexity index is 914. The van der Waals surface area contributed by atoms with Gasteiger partial charge in [0.25, 0.3) is 0 Å². The van der Waals surface area contributed by atoms with Crippen LogP contribution in [-0.2, 0) is 4.79 Å². The first-order valence-electron chi connectivity index (χ1n) is 10.3. The molecule has 0 spiro atoms. The van der Waals surface area contributed by atoms with Crippen molar-refractivity contribution in [3.05, 3.63) is 69.2 Å². The van der Waals surface area contributed by atoms with Crippen molar-refractivity contribution in [2.75, 3.05) is 6.61 Å². The van der Waals surface area contributed by atoms with Crippen molar-refractivity contribution >= 4 is 29.1 Å². The molecule has 2 N–H and O–H groups in total.